The first-order valence-electron chi connectivity index (χ1n) is 6.33. The van der Waals surface area contributed by atoms with Crippen LogP contribution in [0.25, 0.3) is 0 Å². The molecule has 3 rings (SSSR count). The number of rotatable bonds is 4. The largest absolute Gasteiger partial charge is 0.315 e. The molecule has 0 radical (unpaired) electrons. The van der Waals surface area contributed by atoms with Gasteiger partial charge in [-0.2, -0.15) is 4.31 Å². The van der Waals surface area contributed by atoms with Crippen molar-refractivity contribution >= 4 is 10.0 Å². The molecule has 1 N–H and O–H groups in total. The Bertz CT molecular complexity index is 325. The number of unbranched alkanes of at least 4 members (excludes halogenated alkanes) is 1. The predicted molar refractivity (Wildman–Crippen MR) is 64.8 cm³/mol. The maximum absolute atomic E-state index is 12.2. The molecule has 0 spiro atoms. The topological polar surface area (TPSA) is 49.4 Å². The predicted octanol–water partition coefficient (Wildman–Crippen LogP) is 0.800. The van der Waals surface area contributed by atoms with E-state index in [1.165, 1.54) is 6.42 Å². The van der Waals surface area contributed by atoms with E-state index in [0.717, 1.165) is 38.9 Å². The molecule has 2 bridgehead atoms. The molecule has 0 aromatic carbocycles. The Morgan fingerprint density at radius 3 is 2.88 bits per heavy atom. The molecule has 5 heteroatoms. The van der Waals surface area contributed by atoms with Gasteiger partial charge in [-0.1, -0.05) is 13.3 Å². The van der Waals surface area contributed by atoms with Crippen molar-refractivity contribution in [3.8, 4) is 0 Å². The summed E-state index contributed by atoms with van der Waals surface area (Å²) in [6.07, 6.45) is 3.93. The van der Waals surface area contributed by atoms with Crippen molar-refractivity contribution in [2.75, 3.05) is 25.4 Å². The van der Waals surface area contributed by atoms with E-state index in [2.05, 4.69) is 5.32 Å². The molecule has 94 valence electrons. The number of piperidine rings is 1. The Morgan fingerprint density at radius 1 is 1.31 bits per heavy atom. The monoisotopic (exact) mass is 246 g/mol. The molecule has 0 saturated carbocycles. The highest BCUT2D eigenvalue weighted by Gasteiger charge is 2.37. The van der Waals surface area contributed by atoms with E-state index in [9.17, 15) is 8.42 Å². The lowest BCUT2D eigenvalue weighted by molar-refractivity contribution is 0.230. The zero-order valence-electron chi connectivity index (χ0n) is 9.98. The van der Waals surface area contributed by atoms with Crippen molar-refractivity contribution in [3.05, 3.63) is 0 Å². The zero-order valence-corrected chi connectivity index (χ0v) is 10.8. The van der Waals surface area contributed by atoms with Gasteiger partial charge in [0.05, 0.1) is 5.75 Å². The van der Waals surface area contributed by atoms with Gasteiger partial charge >= 0.3 is 0 Å². The highest BCUT2D eigenvalue weighted by atomic mass is 32.2. The van der Waals surface area contributed by atoms with E-state index in [1.807, 2.05) is 6.92 Å². The summed E-state index contributed by atoms with van der Waals surface area (Å²) in [5, 5.41) is 3.36. The van der Waals surface area contributed by atoms with Gasteiger partial charge in [-0.3, -0.25) is 0 Å². The SMILES string of the molecule is CCCCS(=O)(=O)N1C[C@@H]2CC[C@H]1CNC2. The van der Waals surface area contributed by atoms with E-state index >= 15 is 0 Å². The molecular weight excluding hydrogens is 224 g/mol. The van der Waals surface area contributed by atoms with Gasteiger partial charge in [0.15, 0.2) is 0 Å². The Kier molecular flexibility index (Phi) is 3.87. The lowest BCUT2D eigenvalue weighted by Crippen LogP contribution is -2.47. The summed E-state index contributed by atoms with van der Waals surface area (Å²) in [5.74, 6) is 0.849. The lowest BCUT2D eigenvalue weighted by Gasteiger charge is -2.35. The van der Waals surface area contributed by atoms with E-state index in [4.69, 9.17) is 0 Å². The second-order valence-electron chi connectivity index (χ2n) is 4.99. The minimum absolute atomic E-state index is 0.209. The van der Waals surface area contributed by atoms with Crippen LogP contribution in [-0.4, -0.2) is 44.2 Å². The smallest absolute Gasteiger partial charge is 0.214 e. The first kappa shape index (κ1) is 12.3. The molecule has 4 nitrogen and oxygen atoms in total. The Morgan fingerprint density at radius 2 is 2.12 bits per heavy atom. The van der Waals surface area contributed by atoms with Gasteiger partial charge in [0.2, 0.25) is 10.0 Å². The summed E-state index contributed by atoms with van der Waals surface area (Å²) in [7, 11) is -3.01. The number of nitrogens with one attached hydrogen (secondary N) is 1. The first-order valence-corrected chi connectivity index (χ1v) is 7.94. The highest BCUT2D eigenvalue weighted by molar-refractivity contribution is 7.89. The zero-order chi connectivity index (χ0) is 11.6. The minimum Gasteiger partial charge on any atom is -0.315 e. The summed E-state index contributed by atoms with van der Waals surface area (Å²) < 4.78 is 26.1. The summed E-state index contributed by atoms with van der Waals surface area (Å²) in [6.45, 7) is 4.59. The second kappa shape index (κ2) is 5.02. The van der Waals surface area contributed by atoms with Crippen LogP contribution in [0.15, 0.2) is 0 Å². The minimum atomic E-state index is -3.01. The molecule has 0 aromatic rings. The van der Waals surface area contributed by atoms with Crippen molar-refractivity contribution in [1.82, 2.24) is 9.62 Å². The fourth-order valence-corrected chi connectivity index (χ4v) is 4.64. The van der Waals surface area contributed by atoms with Crippen molar-refractivity contribution in [3.63, 3.8) is 0 Å². The van der Waals surface area contributed by atoms with Gasteiger partial charge in [0, 0.05) is 19.1 Å². The number of hydrogen-bond acceptors (Lipinski definition) is 3. The maximum atomic E-state index is 12.2. The average molecular weight is 246 g/mol. The van der Waals surface area contributed by atoms with Gasteiger partial charge in [0.1, 0.15) is 0 Å². The molecule has 3 aliphatic heterocycles. The Balaban J connectivity index is 2.08. The number of sulfonamides is 1. The van der Waals surface area contributed by atoms with E-state index in [0.29, 0.717) is 11.7 Å². The molecule has 0 aromatic heterocycles. The first-order chi connectivity index (χ1) is 7.63. The van der Waals surface area contributed by atoms with Crippen LogP contribution in [-0.2, 0) is 10.0 Å². The van der Waals surface area contributed by atoms with Crippen LogP contribution in [0.5, 0.6) is 0 Å². The fourth-order valence-electron chi connectivity index (χ4n) is 2.68. The van der Waals surface area contributed by atoms with Gasteiger partial charge in [-0.25, -0.2) is 8.42 Å². The summed E-state index contributed by atoms with van der Waals surface area (Å²) in [5.41, 5.74) is 0. The van der Waals surface area contributed by atoms with Gasteiger partial charge in [-0.05, 0) is 31.7 Å². The van der Waals surface area contributed by atoms with Crippen LogP contribution in [0.3, 0.4) is 0 Å². The lowest BCUT2D eigenvalue weighted by atomic mass is 9.97. The number of fused-ring (bicyclic) bond motifs is 4. The fraction of sp³-hybridized carbons (Fsp3) is 1.00. The molecule has 0 amide bonds. The molecule has 3 saturated heterocycles. The standard InChI is InChI=1S/C11H22N2O2S/c1-2-3-6-16(14,15)13-9-10-4-5-11(13)8-12-7-10/h10-12H,2-9H2,1H3/t10-,11+/m1/s1. The van der Waals surface area contributed by atoms with Crippen LogP contribution in [0.2, 0.25) is 0 Å². The quantitative estimate of drug-likeness (QED) is 0.798. The molecule has 2 atom stereocenters. The average Bonchev–Trinajstić information content (AvgIpc) is 2.61. The van der Waals surface area contributed by atoms with Gasteiger partial charge < -0.3 is 5.32 Å². The molecule has 0 unspecified atom stereocenters. The normalized spacial score (nSPS) is 31.6. The molecule has 3 fully saturated rings. The van der Waals surface area contributed by atoms with E-state index in [-0.39, 0.29) is 6.04 Å². The highest BCUT2D eigenvalue weighted by Crippen LogP contribution is 2.27. The van der Waals surface area contributed by atoms with Crippen molar-refractivity contribution in [2.24, 2.45) is 5.92 Å². The van der Waals surface area contributed by atoms with Crippen LogP contribution in [0.1, 0.15) is 32.6 Å². The number of nitrogens with zero attached hydrogens (tertiary/aromatic N) is 1. The van der Waals surface area contributed by atoms with Crippen LogP contribution in [0, 0.1) is 5.92 Å². The van der Waals surface area contributed by atoms with E-state index < -0.39 is 10.0 Å². The summed E-state index contributed by atoms with van der Waals surface area (Å²) in [4.78, 5) is 0. The third kappa shape index (κ3) is 2.57. The maximum Gasteiger partial charge on any atom is 0.214 e. The Labute approximate surface area is 98.4 Å². The molecule has 3 aliphatic rings. The molecule has 3 heterocycles. The molecule has 0 aliphatic carbocycles. The third-order valence-corrected chi connectivity index (χ3v) is 5.65. The van der Waals surface area contributed by atoms with Crippen LogP contribution >= 0.6 is 0 Å². The summed E-state index contributed by atoms with van der Waals surface area (Å²) >= 11 is 0. The molecule has 16 heavy (non-hydrogen) atoms. The van der Waals surface area contributed by atoms with Crippen LogP contribution < -0.4 is 5.32 Å². The second-order valence-corrected chi connectivity index (χ2v) is 7.04. The van der Waals surface area contributed by atoms with E-state index in [1.54, 1.807) is 4.31 Å². The molecular formula is C11H22N2O2S. The Hall–Kier alpha value is -0.130. The third-order valence-electron chi connectivity index (χ3n) is 3.68. The van der Waals surface area contributed by atoms with Gasteiger partial charge in [0.25, 0.3) is 0 Å². The number of hydrogen-bond donors (Lipinski definition) is 1. The van der Waals surface area contributed by atoms with Crippen LogP contribution in [0.4, 0.5) is 0 Å². The van der Waals surface area contributed by atoms with Crippen molar-refractivity contribution < 1.29 is 8.42 Å². The van der Waals surface area contributed by atoms with Crippen molar-refractivity contribution in [2.45, 2.75) is 38.6 Å². The summed E-state index contributed by atoms with van der Waals surface area (Å²) in [6, 6.07) is 0.209. The van der Waals surface area contributed by atoms with Crippen molar-refractivity contribution in [1.29, 1.82) is 0 Å². The van der Waals surface area contributed by atoms with Gasteiger partial charge in [-0.15, -0.1) is 0 Å².